The quantitative estimate of drug-likeness (QED) is 0.753. The highest BCUT2D eigenvalue weighted by molar-refractivity contribution is 5.97. The Balaban J connectivity index is 1.65. The lowest BCUT2D eigenvalue weighted by molar-refractivity contribution is -0.122. The van der Waals surface area contributed by atoms with Crippen molar-refractivity contribution in [2.24, 2.45) is 0 Å². The standard InChI is InChI=1S/C20H21N5O2/c21-12-16-7-4-10-22-18(16)24-13-14-5-3-6-15(11-14)19(26)25-17-8-1-2-9-23-20(17)27/h3-7,10-11,17H,1-2,8-9,13H2,(H,22,24)(H,23,27)(H,25,26). The molecule has 0 radical (unpaired) electrons. The Labute approximate surface area is 157 Å². The molecule has 1 saturated heterocycles. The first-order chi connectivity index (χ1) is 13.2. The van der Waals surface area contributed by atoms with Crippen molar-refractivity contribution >= 4 is 17.6 Å². The molecular weight excluding hydrogens is 342 g/mol. The Hall–Kier alpha value is -3.40. The highest BCUT2D eigenvalue weighted by Crippen LogP contribution is 2.13. The maximum Gasteiger partial charge on any atom is 0.251 e. The molecule has 7 nitrogen and oxygen atoms in total. The Morgan fingerprint density at radius 3 is 3.04 bits per heavy atom. The zero-order valence-corrected chi connectivity index (χ0v) is 14.9. The summed E-state index contributed by atoms with van der Waals surface area (Å²) in [6.07, 6.45) is 4.09. The third kappa shape index (κ3) is 4.82. The molecule has 0 saturated carbocycles. The summed E-state index contributed by atoms with van der Waals surface area (Å²) >= 11 is 0. The van der Waals surface area contributed by atoms with Gasteiger partial charge in [-0.25, -0.2) is 4.98 Å². The molecule has 2 heterocycles. The molecule has 1 unspecified atom stereocenters. The van der Waals surface area contributed by atoms with Crippen LogP contribution in [0.2, 0.25) is 0 Å². The predicted molar refractivity (Wildman–Crippen MR) is 101 cm³/mol. The molecule has 0 bridgehead atoms. The van der Waals surface area contributed by atoms with Crippen molar-refractivity contribution in [3.8, 4) is 6.07 Å². The number of nitrogens with zero attached hydrogens (tertiary/aromatic N) is 2. The summed E-state index contributed by atoms with van der Waals surface area (Å²) in [4.78, 5) is 28.7. The molecule has 1 atom stereocenters. The lowest BCUT2D eigenvalue weighted by atomic mass is 10.1. The van der Waals surface area contributed by atoms with Crippen LogP contribution < -0.4 is 16.0 Å². The van der Waals surface area contributed by atoms with Crippen molar-refractivity contribution in [1.29, 1.82) is 5.26 Å². The van der Waals surface area contributed by atoms with Crippen molar-refractivity contribution < 1.29 is 9.59 Å². The van der Waals surface area contributed by atoms with Gasteiger partial charge in [-0.3, -0.25) is 9.59 Å². The zero-order chi connectivity index (χ0) is 19.1. The highest BCUT2D eigenvalue weighted by atomic mass is 16.2. The number of aromatic nitrogens is 1. The summed E-state index contributed by atoms with van der Waals surface area (Å²) in [5, 5.41) is 17.9. The van der Waals surface area contributed by atoms with Crippen molar-refractivity contribution in [3.05, 3.63) is 59.3 Å². The van der Waals surface area contributed by atoms with E-state index in [-0.39, 0.29) is 11.8 Å². The number of nitrogens with one attached hydrogen (secondary N) is 3. The van der Waals surface area contributed by atoms with Gasteiger partial charge in [-0.2, -0.15) is 5.26 Å². The average molecular weight is 363 g/mol. The minimum Gasteiger partial charge on any atom is -0.365 e. The molecule has 7 heteroatoms. The SMILES string of the molecule is N#Cc1cccnc1NCc1cccc(C(=O)NC2CCCCNC2=O)c1. The van der Waals surface area contributed by atoms with E-state index in [0.717, 1.165) is 18.4 Å². The van der Waals surface area contributed by atoms with E-state index in [1.54, 1.807) is 36.5 Å². The van der Waals surface area contributed by atoms with E-state index in [2.05, 4.69) is 27.0 Å². The number of carbonyl (C=O) groups excluding carboxylic acids is 2. The molecule has 2 amide bonds. The molecule has 3 N–H and O–H groups in total. The lowest BCUT2D eigenvalue weighted by Crippen LogP contribution is -2.45. The normalized spacial score (nSPS) is 16.6. The number of nitriles is 1. The number of rotatable bonds is 5. The fraction of sp³-hybridized carbons (Fsp3) is 0.300. The molecule has 1 aliphatic heterocycles. The monoisotopic (exact) mass is 363 g/mol. The average Bonchev–Trinajstić information content (AvgIpc) is 2.91. The molecule has 0 spiro atoms. The van der Waals surface area contributed by atoms with Crippen LogP contribution in [0.15, 0.2) is 42.6 Å². The number of benzene rings is 1. The van der Waals surface area contributed by atoms with Gasteiger partial charge in [0, 0.05) is 24.8 Å². The number of pyridine rings is 1. The van der Waals surface area contributed by atoms with Crippen molar-refractivity contribution in [1.82, 2.24) is 15.6 Å². The van der Waals surface area contributed by atoms with Crippen LogP contribution >= 0.6 is 0 Å². The fourth-order valence-corrected chi connectivity index (χ4v) is 2.96. The van der Waals surface area contributed by atoms with Crippen LogP contribution in [-0.4, -0.2) is 29.4 Å². The summed E-state index contributed by atoms with van der Waals surface area (Å²) < 4.78 is 0. The molecule has 27 heavy (non-hydrogen) atoms. The Morgan fingerprint density at radius 1 is 1.30 bits per heavy atom. The van der Waals surface area contributed by atoms with Gasteiger partial charge in [0.25, 0.3) is 5.91 Å². The Kier molecular flexibility index (Phi) is 6.00. The topological polar surface area (TPSA) is 107 Å². The first kappa shape index (κ1) is 18.4. The molecule has 1 aromatic heterocycles. The van der Waals surface area contributed by atoms with E-state index in [1.807, 2.05) is 6.07 Å². The molecule has 1 fully saturated rings. The smallest absolute Gasteiger partial charge is 0.251 e. The van der Waals surface area contributed by atoms with Gasteiger partial charge >= 0.3 is 0 Å². The fourth-order valence-electron chi connectivity index (χ4n) is 2.96. The molecule has 3 rings (SSSR count). The summed E-state index contributed by atoms with van der Waals surface area (Å²) in [6, 6.07) is 12.2. The van der Waals surface area contributed by atoms with Crippen LogP contribution in [0, 0.1) is 11.3 Å². The first-order valence-electron chi connectivity index (χ1n) is 8.94. The number of amides is 2. The van der Waals surface area contributed by atoms with Crippen LogP contribution in [0.1, 0.15) is 40.7 Å². The Bertz CT molecular complexity index is 875. The Morgan fingerprint density at radius 2 is 2.19 bits per heavy atom. The number of carbonyl (C=O) groups is 2. The molecule has 1 aromatic carbocycles. The van der Waals surface area contributed by atoms with Crippen LogP contribution in [0.3, 0.4) is 0 Å². The van der Waals surface area contributed by atoms with Gasteiger partial charge in [0.2, 0.25) is 5.91 Å². The second-order valence-corrected chi connectivity index (χ2v) is 6.38. The third-order valence-corrected chi connectivity index (χ3v) is 4.42. The third-order valence-electron chi connectivity index (χ3n) is 4.42. The van der Waals surface area contributed by atoms with Crippen LogP contribution in [0.25, 0.3) is 0 Å². The van der Waals surface area contributed by atoms with Crippen molar-refractivity contribution in [2.75, 3.05) is 11.9 Å². The highest BCUT2D eigenvalue weighted by Gasteiger charge is 2.22. The van der Waals surface area contributed by atoms with Gasteiger partial charge in [-0.05, 0) is 49.1 Å². The maximum absolute atomic E-state index is 12.5. The summed E-state index contributed by atoms with van der Waals surface area (Å²) in [5.74, 6) is 0.109. The minimum absolute atomic E-state index is 0.127. The molecule has 138 valence electrons. The second-order valence-electron chi connectivity index (χ2n) is 6.38. The van der Waals surface area contributed by atoms with Crippen molar-refractivity contribution in [3.63, 3.8) is 0 Å². The summed E-state index contributed by atoms with van der Waals surface area (Å²) in [7, 11) is 0. The second kappa shape index (κ2) is 8.81. The number of anilines is 1. The van der Waals surface area contributed by atoms with Crippen LogP contribution in [0.4, 0.5) is 5.82 Å². The van der Waals surface area contributed by atoms with Gasteiger partial charge in [0.1, 0.15) is 17.9 Å². The summed E-state index contributed by atoms with van der Waals surface area (Å²) in [5.41, 5.74) is 1.83. The molecule has 1 aliphatic rings. The number of hydrogen-bond acceptors (Lipinski definition) is 5. The number of hydrogen-bond donors (Lipinski definition) is 3. The van der Waals surface area contributed by atoms with E-state index >= 15 is 0 Å². The van der Waals surface area contributed by atoms with Crippen LogP contribution in [-0.2, 0) is 11.3 Å². The van der Waals surface area contributed by atoms with Gasteiger partial charge < -0.3 is 16.0 Å². The first-order valence-corrected chi connectivity index (χ1v) is 8.94. The van der Waals surface area contributed by atoms with Crippen molar-refractivity contribution in [2.45, 2.75) is 31.8 Å². The molecule has 0 aliphatic carbocycles. The predicted octanol–water partition coefficient (Wildman–Crippen LogP) is 1.96. The van der Waals surface area contributed by atoms with Gasteiger partial charge in [0.05, 0.1) is 5.56 Å². The van der Waals surface area contributed by atoms with Crippen LogP contribution in [0.5, 0.6) is 0 Å². The molecular formula is C20H21N5O2. The van der Waals surface area contributed by atoms with E-state index < -0.39 is 6.04 Å². The van der Waals surface area contributed by atoms with E-state index in [4.69, 9.17) is 5.26 Å². The lowest BCUT2D eigenvalue weighted by Gasteiger charge is -2.15. The van der Waals surface area contributed by atoms with E-state index in [0.29, 0.717) is 36.5 Å². The van der Waals surface area contributed by atoms with E-state index in [9.17, 15) is 9.59 Å². The minimum atomic E-state index is -0.492. The van der Waals surface area contributed by atoms with Gasteiger partial charge in [-0.15, -0.1) is 0 Å². The zero-order valence-electron chi connectivity index (χ0n) is 14.9. The van der Waals surface area contributed by atoms with Gasteiger partial charge in [-0.1, -0.05) is 12.1 Å². The van der Waals surface area contributed by atoms with Gasteiger partial charge in [0.15, 0.2) is 0 Å². The maximum atomic E-state index is 12.5. The summed E-state index contributed by atoms with van der Waals surface area (Å²) in [6.45, 7) is 1.08. The molecule has 2 aromatic rings. The van der Waals surface area contributed by atoms with E-state index in [1.165, 1.54) is 0 Å². The largest absolute Gasteiger partial charge is 0.365 e.